The Morgan fingerprint density at radius 1 is 0.870 bits per heavy atom. The average Bonchev–Trinajstić information content (AvgIpc) is 2.74. The number of benzene rings is 2. The minimum Gasteiger partial charge on any atom is -0.268 e. The summed E-state index contributed by atoms with van der Waals surface area (Å²) in [6, 6.07) is 12.4. The molecule has 5 heteroatoms. The van der Waals surface area contributed by atoms with E-state index in [2.05, 4.69) is 0 Å². The van der Waals surface area contributed by atoms with Crippen LogP contribution in [0.4, 0.5) is 5.69 Å². The molecule has 0 N–H and O–H groups in total. The standard InChI is InChI=1S/C18H13Cl2NO2/c1-10-6-8-12(9-7-10)15-16(20)18(23)21(17(15)22)14-5-3-4-13(19)11(14)2/h3-9H,1-2H3. The molecule has 0 spiro atoms. The lowest BCUT2D eigenvalue weighted by molar-refractivity contribution is -0.119. The number of rotatable bonds is 2. The molecule has 3 nitrogen and oxygen atoms in total. The van der Waals surface area contributed by atoms with E-state index in [1.807, 2.05) is 19.1 Å². The van der Waals surface area contributed by atoms with Gasteiger partial charge in [0.05, 0.1) is 11.3 Å². The van der Waals surface area contributed by atoms with E-state index in [0.717, 1.165) is 10.5 Å². The van der Waals surface area contributed by atoms with E-state index in [9.17, 15) is 9.59 Å². The maximum absolute atomic E-state index is 12.8. The Bertz CT molecular complexity index is 854. The number of halogens is 2. The van der Waals surface area contributed by atoms with Crippen LogP contribution >= 0.6 is 23.2 Å². The van der Waals surface area contributed by atoms with Crippen molar-refractivity contribution in [1.82, 2.24) is 0 Å². The average molecular weight is 346 g/mol. The van der Waals surface area contributed by atoms with Crippen LogP contribution in [0.25, 0.3) is 5.57 Å². The van der Waals surface area contributed by atoms with E-state index in [0.29, 0.717) is 21.8 Å². The maximum Gasteiger partial charge on any atom is 0.277 e. The third-order valence-electron chi connectivity index (χ3n) is 3.85. The number of carbonyl (C=O) groups is 2. The number of amides is 2. The van der Waals surface area contributed by atoms with Crippen LogP contribution in [0, 0.1) is 13.8 Å². The van der Waals surface area contributed by atoms with Crippen molar-refractivity contribution in [2.45, 2.75) is 13.8 Å². The van der Waals surface area contributed by atoms with Crippen LogP contribution in [0.1, 0.15) is 16.7 Å². The number of carbonyl (C=O) groups excluding carboxylic acids is 2. The molecule has 0 aliphatic carbocycles. The van der Waals surface area contributed by atoms with Gasteiger partial charge in [0.25, 0.3) is 11.8 Å². The van der Waals surface area contributed by atoms with Crippen LogP contribution in [0.15, 0.2) is 47.5 Å². The lowest BCUT2D eigenvalue weighted by Gasteiger charge is -2.18. The largest absolute Gasteiger partial charge is 0.277 e. The van der Waals surface area contributed by atoms with Gasteiger partial charge in [-0.3, -0.25) is 9.59 Å². The lowest BCUT2D eigenvalue weighted by atomic mass is 10.0. The summed E-state index contributed by atoms with van der Waals surface area (Å²) in [7, 11) is 0. The number of nitrogens with zero attached hydrogens (tertiary/aromatic N) is 1. The van der Waals surface area contributed by atoms with Gasteiger partial charge in [-0.15, -0.1) is 0 Å². The fraction of sp³-hybridized carbons (Fsp3) is 0.111. The number of hydrogen-bond acceptors (Lipinski definition) is 2. The second kappa shape index (κ2) is 5.84. The predicted molar refractivity (Wildman–Crippen MR) is 92.6 cm³/mol. The first-order valence-corrected chi connectivity index (χ1v) is 7.78. The highest BCUT2D eigenvalue weighted by atomic mass is 35.5. The molecular weight excluding hydrogens is 333 g/mol. The topological polar surface area (TPSA) is 37.4 Å². The van der Waals surface area contributed by atoms with Gasteiger partial charge in [0, 0.05) is 5.02 Å². The summed E-state index contributed by atoms with van der Waals surface area (Å²) >= 11 is 12.3. The van der Waals surface area contributed by atoms with Gasteiger partial charge in [-0.05, 0) is 37.1 Å². The zero-order chi connectivity index (χ0) is 16.7. The summed E-state index contributed by atoms with van der Waals surface area (Å²) < 4.78 is 0. The summed E-state index contributed by atoms with van der Waals surface area (Å²) in [5.41, 5.74) is 3.01. The van der Waals surface area contributed by atoms with Crippen LogP contribution < -0.4 is 4.90 Å². The van der Waals surface area contributed by atoms with Gasteiger partial charge in [0.2, 0.25) is 0 Å². The van der Waals surface area contributed by atoms with Crippen LogP contribution in [-0.2, 0) is 9.59 Å². The van der Waals surface area contributed by atoms with Gasteiger partial charge in [-0.2, -0.15) is 0 Å². The van der Waals surface area contributed by atoms with E-state index < -0.39 is 11.8 Å². The van der Waals surface area contributed by atoms with Crippen LogP contribution in [0.2, 0.25) is 5.02 Å². The summed E-state index contributed by atoms with van der Waals surface area (Å²) in [6.45, 7) is 3.71. The molecule has 2 amide bonds. The normalized spacial score (nSPS) is 14.9. The smallest absolute Gasteiger partial charge is 0.268 e. The summed E-state index contributed by atoms with van der Waals surface area (Å²) in [6.07, 6.45) is 0. The van der Waals surface area contributed by atoms with Crippen molar-refractivity contribution >= 4 is 46.3 Å². The van der Waals surface area contributed by atoms with Crippen molar-refractivity contribution in [3.05, 3.63) is 69.2 Å². The Hall–Kier alpha value is -2.10. The highest BCUT2D eigenvalue weighted by molar-refractivity contribution is 6.60. The van der Waals surface area contributed by atoms with Gasteiger partial charge in [0.1, 0.15) is 5.03 Å². The van der Waals surface area contributed by atoms with Gasteiger partial charge in [0.15, 0.2) is 0 Å². The molecule has 0 atom stereocenters. The molecule has 0 aromatic heterocycles. The quantitative estimate of drug-likeness (QED) is 0.752. The number of imide groups is 1. The van der Waals surface area contributed by atoms with Gasteiger partial charge in [-0.1, -0.05) is 59.1 Å². The molecule has 1 aliphatic rings. The molecule has 3 rings (SSSR count). The number of anilines is 1. The van der Waals surface area contributed by atoms with Crippen molar-refractivity contribution in [2.75, 3.05) is 4.90 Å². The third kappa shape index (κ3) is 2.56. The molecular formula is C18H13Cl2NO2. The zero-order valence-electron chi connectivity index (χ0n) is 12.6. The fourth-order valence-corrected chi connectivity index (χ4v) is 2.97. The van der Waals surface area contributed by atoms with E-state index >= 15 is 0 Å². The first kappa shape index (κ1) is 15.8. The Morgan fingerprint density at radius 2 is 1.52 bits per heavy atom. The van der Waals surface area contributed by atoms with Crippen LogP contribution in [0.3, 0.4) is 0 Å². The predicted octanol–water partition coefficient (Wildman–Crippen LogP) is 4.48. The Kier molecular flexibility index (Phi) is 4.00. The second-order valence-corrected chi connectivity index (χ2v) is 6.17. The number of hydrogen-bond donors (Lipinski definition) is 0. The monoisotopic (exact) mass is 345 g/mol. The van der Waals surface area contributed by atoms with E-state index in [1.165, 1.54) is 0 Å². The van der Waals surface area contributed by atoms with Crippen molar-refractivity contribution in [3.8, 4) is 0 Å². The molecule has 23 heavy (non-hydrogen) atoms. The van der Waals surface area contributed by atoms with Crippen molar-refractivity contribution in [3.63, 3.8) is 0 Å². The first-order valence-electron chi connectivity index (χ1n) is 7.02. The Labute approximate surface area is 144 Å². The molecule has 116 valence electrons. The van der Waals surface area contributed by atoms with Crippen LogP contribution in [-0.4, -0.2) is 11.8 Å². The minimum absolute atomic E-state index is 0.0711. The molecule has 2 aromatic rings. The van der Waals surface area contributed by atoms with E-state index in [-0.39, 0.29) is 10.6 Å². The molecule has 0 saturated carbocycles. The summed E-state index contributed by atoms with van der Waals surface area (Å²) in [5.74, 6) is -0.966. The fourth-order valence-electron chi connectivity index (χ4n) is 2.53. The van der Waals surface area contributed by atoms with Crippen molar-refractivity contribution < 1.29 is 9.59 Å². The van der Waals surface area contributed by atoms with Gasteiger partial charge in [-0.25, -0.2) is 4.90 Å². The molecule has 0 fully saturated rings. The Balaban J connectivity index is 2.09. The molecule has 1 heterocycles. The molecule has 0 saturated heterocycles. The molecule has 2 aromatic carbocycles. The van der Waals surface area contributed by atoms with E-state index in [4.69, 9.17) is 23.2 Å². The van der Waals surface area contributed by atoms with Crippen LogP contribution in [0.5, 0.6) is 0 Å². The maximum atomic E-state index is 12.8. The molecule has 0 radical (unpaired) electrons. The summed E-state index contributed by atoms with van der Waals surface area (Å²) in [4.78, 5) is 26.4. The highest BCUT2D eigenvalue weighted by Gasteiger charge is 2.39. The van der Waals surface area contributed by atoms with Crippen molar-refractivity contribution in [1.29, 1.82) is 0 Å². The second-order valence-electron chi connectivity index (χ2n) is 5.38. The van der Waals surface area contributed by atoms with E-state index in [1.54, 1.807) is 37.3 Å². The summed E-state index contributed by atoms with van der Waals surface area (Å²) in [5, 5.41) is 0.418. The van der Waals surface area contributed by atoms with Gasteiger partial charge < -0.3 is 0 Å². The lowest BCUT2D eigenvalue weighted by Crippen LogP contribution is -2.31. The third-order valence-corrected chi connectivity index (χ3v) is 4.61. The molecule has 0 unspecified atom stereocenters. The minimum atomic E-state index is -0.530. The van der Waals surface area contributed by atoms with Gasteiger partial charge >= 0.3 is 0 Å². The molecule has 0 bridgehead atoms. The Morgan fingerprint density at radius 3 is 2.17 bits per heavy atom. The zero-order valence-corrected chi connectivity index (χ0v) is 14.1. The molecule has 1 aliphatic heterocycles. The highest BCUT2D eigenvalue weighted by Crippen LogP contribution is 2.37. The SMILES string of the molecule is Cc1ccc(C2=C(Cl)C(=O)N(c3cccc(Cl)c3C)C2=O)cc1. The number of aryl methyl sites for hydroxylation is 1. The first-order chi connectivity index (χ1) is 10.9. The van der Waals surface area contributed by atoms with Crippen molar-refractivity contribution in [2.24, 2.45) is 0 Å².